The van der Waals surface area contributed by atoms with Gasteiger partial charge in [0.25, 0.3) is 0 Å². The van der Waals surface area contributed by atoms with Crippen LogP contribution in [-0.4, -0.2) is 44.3 Å². The smallest absolute Gasteiger partial charge is 0.316 e. The van der Waals surface area contributed by atoms with E-state index in [2.05, 4.69) is 5.32 Å². The van der Waals surface area contributed by atoms with E-state index in [4.69, 9.17) is 4.74 Å². The Morgan fingerprint density at radius 3 is 2.41 bits per heavy atom. The molecular weight excluding hydrogens is 428 g/mol. The molecule has 170 valence electrons. The zero-order valence-electron chi connectivity index (χ0n) is 18.1. The van der Waals surface area contributed by atoms with Gasteiger partial charge in [0.05, 0.1) is 22.8 Å². The fraction of sp³-hybridized carbons (Fsp3) is 0.417. The minimum Gasteiger partial charge on any atom is -0.465 e. The fourth-order valence-corrected chi connectivity index (χ4v) is 5.78. The van der Waals surface area contributed by atoms with Crippen LogP contribution >= 0.6 is 0 Å². The molecule has 0 radical (unpaired) electrons. The first-order valence-corrected chi connectivity index (χ1v) is 12.4. The van der Waals surface area contributed by atoms with Gasteiger partial charge in [0.1, 0.15) is 0 Å². The maximum atomic E-state index is 12.9. The molecular formula is C24H28N2O5S. The molecule has 8 heteroatoms. The highest BCUT2D eigenvalue weighted by molar-refractivity contribution is 7.89. The quantitative estimate of drug-likeness (QED) is 0.645. The molecule has 2 fully saturated rings. The summed E-state index contributed by atoms with van der Waals surface area (Å²) in [6.07, 6.45) is 2.80. The number of sulfonamides is 1. The molecule has 4 rings (SSSR count). The van der Waals surface area contributed by atoms with Gasteiger partial charge in [0.2, 0.25) is 15.9 Å². The third-order valence-electron chi connectivity index (χ3n) is 6.26. The Morgan fingerprint density at radius 1 is 1.09 bits per heavy atom. The second-order valence-electron chi connectivity index (χ2n) is 8.38. The van der Waals surface area contributed by atoms with Crippen molar-refractivity contribution in [1.29, 1.82) is 0 Å². The number of hydrogen-bond donors (Lipinski definition) is 1. The maximum Gasteiger partial charge on any atom is 0.316 e. The zero-order chi connectivity index (χ0) is 22.8. The lowest BCUT2D eigenvalue weighted by atomic mass is 9.95. The molecule has 2 aliphatic rings. The highest BCUT2D eigenvalue weighted by Gasteiger charge is 2.52. The Labute approximate surface area is 188 Å². The van der Waals surface area contributed by atoms with Crippen molar-refractivity contribution in [3.63, 3.8) is 0 Å². The van der Waals surface area contributed by atoms with Gasteiger partial charge in [-0.2, -0.15) is 4.31 Å². The maximum absolute atomic E-state index is 12.9. The summed E-state index contributed by atoms with van der Waals surface area (Å²) >= 11 is 0. The molecule has 1 aliphatic carbocycles. The van der Waals surface area contributed by atoms with Crippen LogP contribution in [0.15, 0.2) is 59.5 Å². The molecule has 1 aliphatic heterocycles. The molecule has 2 aromatic rings. The summed E-state index contributed by atoms with van der Waals surface area (Å²) in [6, 6.07) is 15.6. The van der Waals surface area contributed by atoms with E-state index in [0.29, 0.717) is 31.7 Å². The van der Waals surface area contributed by atoms with Gasteiger partial charge in [-0.1, -0.05) is 30.3 Å². The number of esters is 1. The Bertz CT molecular complexity index is 1080. The van der Waals surface area contributed by atoms with Crippen LogP contribution < -0.4 is 5.32 Å². The van der Waals surface area contributed by atoms with Gasteiger partial charge in [-0.3, -0.25) is 9.59 Å². The first-order valence-electron chi connectivity index (χ1n) is 11.0. The predicted molar refractivity (Wildman–Crippen MR) is 121 cm³/mol. The predicted octanol–water partition coefficient (Wildman–Crippen LogP) is 3.32. The number of hydrogen-bond acceptors (Lipinski definition) is 5. The van der Waals surface area contributed by atoms with Crippen LogP contribution in [0.2, 0.25) is 0 Å². The third-order valence-corrected chi connectivity index (χ3v) is 8.14. The molecule has 1 amide bonds. The summed E-state index contributed by atoms with van der Waals surface area (Å²) in [6.45, 7) is 2.72. The van der Waals surface area contributed by atoms with E-state index in [0.717, 1.165) is 18.4 Å². The van der Waals surface area contributed by atoms with Crippen LogP contribution in [0.4, 0.5) is 5.69 Å². The zero-order valence-corrected chi connectivity index (χ0v) is 18.9. The van der Waals surface area contributed by atoms with Crippen molar-refractivity contribution in [2.24, 2.45) is 5.92 Å². The second kappa shape index (κ2) is 9.03. The summed E-state index contributed by atoms with van der Waals surface area (Å²) in [5.74, 6) is -0.813. The number of ether oxygens (including phenoxy) is 1. The normalized spacial score (nSPS) is 20.3. The summed E-state index contributed by atoms with van der Waals surface area (Å²) in [5.41, 5.74) is 0.974. The molecule has 1 heterocycles. The first kappa shape index (κ1) is 22.5. The van der Waals surface area contributed by atoms with Gasteiger partial charge in [0, 0.05) is 18.8 Å². The van der Waals surface area contributed by atoms with Crippen molar-refractivity contribution in [2.75, 3.05) is 25.0 Å². The van der Waals surface area contributed by atoms with Crippen molar-refractivity contribution in [3.05, 3.63) is 60.2 Å². The minimum atomic E-state index is -3.62. The number of piperidine rings is 1. The fourth-order valence-electron chi connectivity index (χ4n) is 4.24. The van der Waals surface area contributed by atoms with E-state index in [1.165, 1.54) is 4.31 Å². The van der Waals surface area contributed by atoms with Gasteiger partial charge in [-0.15, -0.1) is 0 Å². The van der Waals surface area contributed by atoms with E-state index >= 15 is 0 Å². The second-order valence-corrected chi connectivity index (χ2v) is 10.3. The number of amides is 1. The van der Waals surface area contributed by atoms with Crippen LogP contribution in [-0.2, 0) is 29.8 Å². The molecule has 32 heavy (non-hydrogen) atoms. The molecule has 1 N–H and O–H groups in total. The first-order chi connectivity index (χ1) is 15.4. The van der Waals surface area contributed by atoms with Crippen molar-refractivity contribution >= 4 is 27.6 Å². The largest absolute Gasteiger partial charge is 0.465 e. The van der Waals surface area contributed by atoms with Crippen molar-refractivity contribution in [2.45, 2.75) is 42.9 Å². The van der Waals surface area contributed by atoms with E-state index in [9.17, 15) is 18.0 Å². The average Bonchev–Trinajstić information content (AvgIpc) is 3.63. The van der Waals surface area contributed by atoms with Crippen LogP contribution in [0.25, 0.3) is 0 Å². The Morgan fingerprint density at radius 2 is 1.78 bits per heavy atom. The van der Waals surface area contributed by atoms with E-state index in [1.54, 1.807) is 49.4 Å². The number of nitrogens with zero attached hydrogens (tertiary/aromatic N) is 1. The molecule has 0 bridgehead atoms. The summed E-state index contributed by atoms with van der Waals surface area (Å²) < 4.78 is 32.4. The summed E-state index contributed by atoms with van der Waals surface area (Å²) in [4.78, 5) is 25.4. The van der Waals surface area contributed by atoms with Crippen LogP contribution in [0, 0.1) is 5.92 Å². The van der Waals surface area contributed by atoms with Gasteiger partial charge in [0.15, 0.2) is 0 Å². The van der Waals surface area contributed by atoms with E-state index < -0.39 is 21.4 Å². The Hall–Kier alpha value is -2.71. The van der Waals surface area contributed by atoms with Gasteiger partial charge in [-0.25, -0.2) is 8.42 Å². The lowest BCUT2D eigenvalue weighted by Crippen LogP contribution is -2.43. The molecule has 2 aromatic carbocycles. The minimum absolute atomic E-state index is 0.160. The highest BCUT2D eigenvalue weighted by atomic mass is 32.2. The van der Waals surface area contributed by atoms with Crippen LogP contribution in [0.1, 0.15) is 38.2 Å². The Balaban J connectivity index is 1.40. The van der Waals surface area contributed by atoms with Crippen LogP contribution in [0.3, 0.4) is 0 Å². The number of benzene rings is 2. The molecule has 1 atom stereocenters. The molecule has 1 saturated carbocycles. The molecule has 7 nitrogen and oxygen atoms in total. The molecule has 1 saturated heterocycles. The SMILES string of the molecule is CCOC(=O)C1(c2ccc(NC(=O)[C@@H]3CCCN(S(=O)(=O)c4ccccc4)C3)cc2)CC1. The number of rotatable bonds is 7. The number of anilines is 1. The van der Waals surface area contributed by atoms with E-state index in [-0.39, 0.29) is 23.3 Å². The summed E-state index contributed by atoms with van der Waals surface area (Å²) in [7, 11) is -3.62. The van der Waals surface area contributed by atoms with Gasteiger partial charge >= 0.3 is 5.97 Å². The lowest BCUT2D eigenvalue weighted by molar-refractivity contribution is -0.146. The van der Waals surface area contributed by atoms with Crippen molar-refractivity contribution in [3.8, 4) is 0 Å². The summed E-state index contributed by atoms with van der Waals surface area (Å²) in [5, 5.41) is 2.90. The number of carbonyl (C=O) groups excluding carboxylic acids is 2. The topological polar surface area (TPSA) is 92.8 Å². The van der Waals surface area contributed by atoms with Gasteiger partial charge < -0.3 is 10.1 Å². The van der Waals surface area contributed by atoms with Crippen molar-refractivity contribution in [1.82, 2.24) is 4.31 Å². The average molecular weight is 457 g/mol. The lowest BCUT2D eigenvalue weighted by Gasteiger charge is -2.31. The third kappa shape index (κ3) is 4.42. The molecule has 0 unspecified atom stereocenters. The standard InChI is InChI=1S/C24H28N2O5S/c1-2-31-23(28)24(14-15-24)19-10-12-20(13-11-19)25-22(27)18-7-6-16-26(17-18)32(29,30)21-8-4-3-5-9-21/h3-5,8-13,18H,2,6-7,14-17H2,1H3,(H,25,27)/t18-/m1/s1. The number of nitrogens with one attached hydrogen (secondary N) is 1. The monoisotopic (exact) mass is 456 g/mol. The van der Waals surface area contributed by atoms with Gasteiger partial charge in [-0.05, 0) is 62.4 Å². The van der Waals surface area contributed by atoms with Crippen LogP contribution in [0.5, 0.6) is 0 Å². The number of carbonyl (C=O) groups is 2. The van der Waals surface area contributed by atoms with Crippen molar-refractivity contribution < 1.29 is 22.7 Å². The molecule has 0 aromatic heterocycles. The Kier molecular flexibility index (Phi) is 6.35. The molecule has 0 spiro atoms. The highest BCUT2D eigenvalue weighted by Crippen LogP contribution is 2.49. The van der Waals surface area contributed by atoms with E-state index in [1.807, 2.05) is 12.1 Å².